The molecule has 0 bridgehead atoms. The molecule has 0 saturated heterocycles. The molecule has 0 heterocycles. The number of ether oxygens (including phenoxy) is 1. The third kappa shape index (κ3) is 4.10. The fraction of sp³-hybridized carbons (Fsp3) is 0.500. The van der Waals surface area contributed by atoms with Gasteiger partial charge in [0.15, 0.2) is 0 Å². The molecule has 0 radical (unpaired) electrons. The summed E-state index contributed by atoms with van der Waals surface area (Å²) in [4.78, 5) is 11.7. The Labute approximate surface area is 103 Å². The minimum atomic E-state index is -0.473. The maximum atomic E-state index is 11.7. The molecule has 3 heteroatoms. The second-order valence-electron chi connectivity index (χ2n) is 5.09. The lowest BCUT2D eigenvalue weighted by molar-refractivity contribution is 0.0635. The Morgan fingerprint density at radius 3 is 2.53 bits per heavy atom. The van der Waals surface area contributed by atoms with Crippen molar-refractivity contribution in [3.05, 3.63) is 29.3 Å². The maximum absolute atomic E-state index is 11.7. The molecule has 1 N–H and O–H groups in total. The molecule has 1 aromatic rings. The first-order valence-corrected chi connectivity index (χ1v) is 5.92. The average Bonchev–Trinajstić information content (AvgIpc) is 2.18. The van der Waals surface area contributed by atoms with Crippen LogP contribution in [-0.4, -0.2) is 11.7 Å². The summed E-state index contributed by atoms with van der Waals surface area (Å²) in [6, 6.07) is 5.99. The number of nitrogens with one attached hydrogen (secondary N) is 1. The zero-order chi connectivity index (χ0) is 13.1. The van der Waals surface area contributed by atoms with Crippen LogP contribution >= 0.6 is 0 Å². The number of amides is 1. The van der Waals surface area contributed by atoms with Crippen molar-refractivity contribution >= 4 is 11.8 Å². The van der Waals surface area contributed by atoms with Crippen molar-refractivity contribution in [2.24, 2.45) is 0 Å². The smallest absolute Gasteiger partial charge is 0.412 e. The first-order valence-electron chi connectivity index (χ1n) is 5.92. The van der Waals surface area contributed by atoms with Crippen LogP contribution in [0, 0.1) is 6.92 Å². The topological polar surface area (TPSA) is 38.3 Å². The molecule has 0 aromatic heterocycles. The summed E-state index contributed by atoms with van der Waals surface area (Å²) in [7, 11) is 0. The summed E-state index contributed by atoms with van der Waals surface area (Å²) < 4.78 is 5.25. The lowest BCUT2D eigenvalue weighted by atomic mass is 10.1. The Morgan fingerprint density at radius 1 is 1.35 bits per heavy atom. The molecule has 0 fully saturated rings. The summed E-state index contributed by atoms with van der Waals surface area (Å²) in [6.07, 6.45) is 0.480. The summed E-state index contributed by atoms with van der Waals surface area (Å²) in [5, 5.41) is 2.83. The van der Waals surface area contributed by atoms with E-state index in [-0.39, 0.29) is 0 Å². The number of hydrogen-bond acceptors (Lipinski definition) is 2. The molecule has 0 aliphatic carbocycles. The standard InChI is InChI=1S/C14H21NO2/c1-6-11-9-7-8-10(2)12(11)15-13(16)17-14(3,4)5/h7-9H,6H2,1-5H3,(H,15,16). The van der Waals surface area contributed by atoms with Gasteiger partial charge >= 0.3 is 6.09 Å². The monoisotopic (exact) mass is 235 g/mol. The van der Waals surface area contributed by atoms with Gasteiger partial charge in [-0.1, -0.05) is 25.1 Å². The van der Waals surface area contributed by atoms with Gasteiger partial charge in [0.05, 0.1) is 5.69 Å². The molecule has 0 atom stereocenters. The number of benzene rings is 1. The van der Waals surface area contributed by atoms with Crippen LogP contribution in [0.2, 0.25) is 0 Å². The highest BCUT2D eigenvalue weighted by atomic mass is 16.6. The molecular weight excluding hydrogens is 214 g/mol. The van der Waals surface area contributed by atoms with E-state index in [0.29, 0.717) is 0 Å². The number of carbonyl (C=O) groups is 1. The molecule has 0 aliphatic heterocycles. The molecule has 0 aliphatic rings. The van der Waals surface area contributed by atoms with Crippen LogP contribution in [0.3, 0.4) is 0 Å². The number of para-hydroxylation sites is 1. The molecule has 1 rings (SSSR count). The maximum Gasteiger partial charge on any atom is 0.412 e. The predicted molar refractivity (Wildman–Crippen MR) is 70.4 cm³/mol. The predicted octanol–water partition coefficient (Wildman–Crippen LogP) is 3.90. The second-order valence-corrected chi connectivity index (χ2v) is 5.09. The Morgan fingerprint density at radius 2 is 2.00 bits per heavy atom. The number of carbonyl (C=O) groups excluding carboxylic acids is 1. The third-order valence-electron chi connectivity index (χ3n) is 2.37. The van der Waals surface area contributed by atoms with Crippen LogP contribution in [-0.2, 0) is 11.2 Å². The van der Waals surface area contributed by atoms with Gasteiger partial charge in [-0.25, -0.2) is 4.79 Å². The normalized spacial score (nSPS) is 11.1. The highest BCUT2D eigenvalue weighted by Crippen LogP contribution is 2.21. The summed E-state index contributed by atoms with van der Waals surface area (Å²) >= 11 is 0. The van der Waals surface area contributed by atoms with Crippen molar-refractivity contribution in [1.82, 2.24) is 0 Å². The van der Waals surface area contributed by atoms with Gasteiger partial charge in [-0.15, -0.1) is 0 Å². The van der Waals surface area contributed by atoms with Gasteiger partial charge in [0.1, 0.15) is 5.60 Å². The van der Waals surface area contributed by atoms with E-state index in [1.54, 1.807) is 0 Å². The third-order valence-corrected chi connectivity index (χ3v) is 2.37. The second kappa shape index (κ2) is 5.21. The Kier molecular flexibility index (Phi) is 4.16. The van der Waals surface area contributed by atoms with Gasteiger partial charge in [0.25, 0.3) is 0 Å². The number of aryl methyl sites for hydroxylation is 2. The van der Waals surface area contributed by atoms with Crippen LogP contribution < -0.4 is 5.32 Å². The zero-order valence-electron chi connectivity index (χ0n) is 11.3. The van der Waals surface area contributed by atoms with E-state index in [2.05, 4.69) is 12.2 Å². The molecule has 0 unspecified atom stereocenters. The Balaban J connectivity index is 2.84. The van der Waals surface area contributed by atoms with Gasteiger partial charge in [0.2, 0.25) is 0 Å². The van der Waals surface area contributed by atoms with Crippen molar-refractivity contribution in [1.29, 1.82) is 0 Å². The van der Waals surface area contributed by atoms with Gasteiger partial charge < -0.3 is 4.74 Å². The number of hydrogen-bond donors (Lipinski definition) is 1. The van der Waals surface area contributed by atoms with Gasteiger partial charge in [0, 0.05) is 0 Å². The molecule has 3 nitrogen and oxygen atoms in total. The minimum absolute atomic E-state index is 0.401. The van der Waals surface area contributed by atoms with Gasteiger partial charge in [-0.3, -0.25) is 5.32 Å². The van der Waals surface area contributed by atoms with E-state index in [1.165, 1.54) is 0 Å². The van der Waals surface area contributed by atoms with Crippen LogP contribution in [0.15, 0.2) is 18.2 Å². The highest BCUT2D eigenvalue weighted by molar-refractivity contribution is 5.87. The molecule has 1 aromatic carbocycles. The average molecular weight is 235 g/mol. The molecule has 0 saturated carbocycles. The van der Waals surface area contributed by atoms with Crippen molar-refractivity contribution in [2.45, 2.75) is 46.6 Å². The number of rotatable bonds is 2. The van der Waals surface area contributed by atoms with E-state index >= 15 is 0 Å². The number of anilines is 1. The SMILES string of the molecule is CCc1cccc(C)c1NC(=O)OC(C)(C)C. The molecule has 94 valence electrons. The van der Waals surface area contributed by atoms with E-state index in [4.69, 9.17) is 4.74 Å². The van der Waals surface area contributed by atoms with E-state index in [9.17, 15) is 4.79 Å². The van der Waals surface area contributed by atoms with Gasteiger partial charge in [-0.05, 0) is 45.2 Å². The molecule has 1 amide bonds. The fourth-order valence-electron chi connectivity index (χ4n) is 1.61. The van der Waals surface area contributed by atoms with E-state index in [0.717, 1.165) is 23.2 Å². The fourth-order valence-corrected chi connectivity index (χ4v) is 1.61. The van der Waals surface area contributed by atoms with Crippen LogP contribution in [0.4, 0.5) is 10.5 Å². The van der Waals surface area contributed by atoms with Crippen LogP contribution in [0.25, 0.3) is 0 Å². The highest BCUT2D eigenvalue weighted by Gasteiger charge is 2.17. The van der Waals surface area contributed by atoms with Crippen molar-refractivity contribution in [2.75, 3.05) is 5.32 Å². The zero-order valence-corrected chi connectivity index (χ0v) is 11.3. The van der Waals surface area contributed by atoms with Crippen molar-refractivity contribution in [3.63, 3.8) is 0 Å². The molecule has 17 heavy (non-hydrogen) atoms. The summed E-state index contributed by atoms with van der Waals surface area (Å²) in [5.41, 5.74) is 2.56. The first kappa shape index (κ1) is 13.6. The largest absolute Gasteiger partial charge is 0.444 e. The summed E-state index contributed by atoms with van der Waals surface area (Å²) in [5.74, 6) is 0. The lowest BCUT2D eigenvalue weighted by Gasteiger charge is -2.21. The first-order chi connectivity index (χ1) is 7.83. The summed E-state index contributed by atoms with van der Waals surface area (Å²) in [6.45, 7) is 9.60. The lowest BCUT2D eigenvalue weighted by Crippen LogP contribution is -2.27. The minimum Gasteiger partial charge on any atom is -0.444 e. The van der Waals surface area contributed by atoms with Crippen molar-refractivity contribution in [3.8, 4) is 0 Å². The van der Waals surface area contributed by atoms with Crippen LogP contribution in [0.5, 0.6) is 0 Å². The van der Waals surface area contributed by atoms with Gasteiger partial charge in [-0.2, -0.15) is 0 Å². The molecule has 0 spiro atoms. The van der Waals surface area contributed by atoms with E-state index in [1.807, 2.05) is 45.9 Å². The van der Waals surface area contributed by atoms with E-state index < -0.39 is 11.7 Å². The molecular formula is C14H21NO2. The Hall–Kier alpha value is -1.51. The van der Waals surface area contributed by atoms with Crippen molar-refractivity contribution < 1.29 is 9.53 Å². The quantitative estimate of drug-likeness (QED) is 0.844. The van der Waals surface area contributed by atoms with Crippen LogP contribution in [0.1, 0.15) is 38.8 Å². The Bertz CT molecular complexity index is 405.